The maximum absolute atomic E-state index is 10.1. The van der Waals surface area contributed by atoms with Crippen LogP contribution in [0.15, 0.2) is 37.2 Å². The fraction of sp³-hybridized carbons (Fsp3) is 0.480. The number of rotatable bonds is 7. The van der Waals surface area contributed by atoms with Gasteiger partial charge in [0, 0.05) is 55.4 Å². The lowest BCUT2D eigenvalue weighted by molar-refractivity contribution is -0.0703. The van der Waals surface area contributed by atoms with Crippen LogP contribution >= 0.6 is 11.6 Å². The molecule has 0 saturated carbocycles. The summed E-state index contributed by atoms with van der Waals surface area (Å²) in [4.78, 5) is 14.0. The first-order valence-electron chi connectivity index (χ1n) is 12.1. The van der Waals surface area contributed by atoms with Crippen LogP contribution in [0, 0.1) is 12.3 Å². The summed E-state index contributed by atoms with van der Waals surface area (Å²) in [5, 5.41) is 19.2. The van der Waals surface area contributed by atoms with Gasteiger partial charge < -0.3 is 20.1 Å². The Balaban J connectivity index is 1.15. The molecule has 2 unspecified atom stereocenters. The molecule has 3 aromatic rings. The highest BCUT2D eigenvalue weighted by molar-refractivity contribution is 6.32. The highest BCUT2D eigenvalue weighted by atomic mass is 35.5. The summed E-state index contributed by atoms with van der Waals surface area (Å²) in [6.07, 6.45) is 5.81. The summed E-state index contributed by atoms with van der Waals surface area (Å²) in [5.41, 5.74) is 4.33. The summed E-state index contributed by atoms with van der Waals surface area (Å²) in [6.45, 7) is 11.8. The Labute approximate surface area is 209 Å². The average molecular weight is 496 g/mol. The van der Waals surface area contributed by atoms with E-state index in [0.29, 0.717) is 42.0 Å². The van der Waals surface area contributed by atoms with Gasteiger partial charge in [-0.3, -0.25) is 9.58 Å². The molecule has 35 heavy (non-hydrogen) atoms. The Kier molecular flexibility index (Phi) is 5.68. The summed E-state index contributed by atoms with van der Waals surface area (Å²) < 4.78 is 7.16. The van der Waals surface area contributed by atoms with E-state index >= 15 is 0 Å². The first kappa shape index (κ1) is 22.7. The zero-order valence-corrected chi connectivity index (χ0v) is 20.6. The number of halogens is 1. The minimum atomic E-state index is -0.356. The molecule has 3 saturated heterocycles. The van der Waals surface area contributed by atoms with E-state index in [1.54, 1.807) is 10.9 Å². The lowest BCUT2D eigenvalue weighted by Gasteiger charge is -2.62. The number of fused-ring (bicyclic) bond motifs is 1. The van der Waals surface area contributed by atoms with Gasteiger partial charge in [-0.1, -0.05) is 17.7 Å². The smallest absolute Gasteiger partial charge is 0.227 e. The van der Waals surface area contributed by atoms with Crippen molar-refractivity contribution >= 4 is 39.8 Å². The minimum absolute atomic E-state index is 0.155. The van der Waals surface area contributed by atoms with Crippen LogP contribution in [-0.2, 0) is 11.3 Å². The number of ether oxygens (including phenoxy) is 1. The third-order valence-electron chi connectivity index (χ3n) is 7.42. The number of hydrogen-bond acceptors (Lipinski definition) is 8. The number of aliphatic hydroxyl groups excluding tert-OH is 1. The molecule has 1 aromatic carbocycles. The lowest BCUT2D eigenvalue weighted by Crippen LogP contribution is -2.74. The third kappa shape index (κ3) is 4.06. The molecule has 0 aliphatic carbocycles. The monoisotopic (exact) mass is 495 g/mol. The third-order valence-corrected chi connectivity index (χ3v) is 7.82. The highest BCUT2D eigenvalue weighted by Gasteiger charge is 2.54. The van der Waals surface area contributed by atoms with Crippen molar-refractivity contribution in [1.82, 2.24) is 24.6 Å². The molecular formula is C25H30ClN7O2. The number of aryl methyl sites for hydroxylation is 2. The maximum atomic E-state index is 10.1. The first-order valence-corrected chi connectivity index (χ1v) is 12.4. The van der Waals surface area contributed by atoms with E-state index in [1.165, 1.54) is 11.3 Å². The van der Waals surface area contributed by atoms with Crippen LogP contribution in [0.1, 0.15) is 12.0 Å². The zero-order valence-electron chi connectivity index (χ0n) is 19.8. The van der Waals surface area contributed by atoms with Gasteiger partial charge in [0.1, 0.15) is 0 Å². The van der Waals surface area contributed by atoms with Crippen molar-refractivity contribution in [2.45, 2.75) is 32.0 Å². The molecule has 3 fully saturated rings. The molecule has 1 spiro atoms. The van der Waals surface area contributed by atoms with Gasteiger partial charge in [-0.25, -0.2) is 9.97 Å². The van der Waals surface area contributed by atoms with Crippen molar-refractivity contribution in [3.8, 4) is 0 Å². The number of anilines is 3. The molecule has 0 bridgehead atoms. The Morgan fingerprint density at radius 2 is 2.09 bits per heavy atom. The summed E-state index contributed by atoms with van der Waals surface area (Å²) in [7, 11) is 0. The number of allylic oxidation sites excluding steroid dienone is 1. The standard InChI is InChI=1S/C25H30ClN7O2/c1-3-4-5-33-23(26)19(9-28-33)30-24-27-8-17-6-16(2)20(7-18(17)29-24)31-12-25(13-31)14-32(15-25)21-10-35-11-22(21)34/h3,6-9,21-22,34H,1,4-5,10-15H2,2H3,(H,27,29,30). The van der Waals surface area contributed by atoms with Crippen LogP contribution in [0.4, 0.5) is 17.3 Å². The number of aliphatic hydroxyl groups is 1. The van der Waals surface area contributed by atoms with Crippen molar-refractivity contribution in [2.24, 2.45) is 5.41 Å². The van der Waals surface area contributed by atoms with Crippen LogP contribution in [-0.4, -0.2) is 81.3 Å². The van der Waals surface area contributed by atoms with Gasteiger partial charge in [0.2, 0.25) is 5.95 Å². The van der Waals surface area contributed by atoms with E-state index in [-0.39, 0.29) is 12.1 Å². The molecule has 10 heteroatoms. The van der Waals surface area contributed by atoms with Gasteiger partial charge in [-0.15, -0.1) is 6.58 Å². The van der Waals surface area contributed by atoms with E-state index in [0.717, 1.165) is 43.5 Å². The maximum Gasteiger partial charge on any atom is 0.227 e. The Hall–Kier alpha value is -2.72. The molecule has 3 aliphatic heterocycles. The van der Waals surface area contributed by atoms with Crippen LogP contribution in [0.2, 0.25) is 5.15 Å². The van der Waals surface area contributed by atoms with Crippen molar-refractivity contribution < 1.29 is 9.84 Å². The van der Waals surface area contributed by atoms with E-state index in [1.807, 2.05) is 12.3 Å². The van der Waals surface area contributed by atoms with Gasteiger partial charge in [0.15, 0.2) is 5.15 Å². The molecule has 9 nitrogen and oxygen atoms in total. The Morgan fingerprint density at radius 1 is 1.26 bits per heavy atom. The summed E-state index contributed by atoms with van der Waals surface area (Å²) in [6, 6.07) is 4.46. The number of aromatic nitrogens is 4. The molecule has 5 heterocycles. The topological polar surface area (TPSA) is 91.6 Å². The fourth-order valence-corrected chi connectivity index (χ4v) is 5.82. The number of benzene rings is 1. The molecular weight excluding hydrogens is 466 g/mol. The zero-order chi connectivity index (χ0) is 24.2. The van der Waals surface area contributed by atoms with Crippen LogP contribution in [0.3, 0.4) is 0 Å². The molecule has 0 amide bonds. The molecule has 6 rings (SSSR count). The van der Waals surface area contributed by atoms with E-state index in [2.05, 4.69) is 50.8 Å². The molecule has 2 aromatic heterocycles. The van der Waals surface area contributed by atoms with Crippen molar-refractivity contribution in [2.75, 3.05) is 49.6 Å². The minimum Gasteiger partial charge on any atom is -0.389 e. The molecule has 3 aliphatic rings. The van der Waals surface area contributed by atoms with Gasteiger partial charge in [0.05, 0.1) is 42.8 Å². The fourth-order valence-electron chi connectivity index (χ4n) is 5.59. The number of likely N-dealkylation sites (tertiary alicyclic amines) is 1. The molecule has 2 atom stereocenters. The second-order valence-electron chi connectivity index (χ2n) is 10.1. The summed E-state index contributed by atoms with van der Waals surface area (Å²) >= 11 is 6.47. The average Bonchev–Trinajstić information content (AvgIpc) is 3.36. The number of nitrogens with one attached hydrogen (secondary N) is 1. The van der Waals surface area contributed by atoms with Crippen LogP contribution in [0.5, 0.6) is 0 Å². The number of nitrogens with zero attached hydrogens (tertiary/aromatic N) is 6. The number of hydrogen-bond donors (Lipinski definition) is 2. The Bertz CT molecular complexity index is 1260. The predicted octanol–water partition coefficient (Wildman–Crippen LogP) is 2.99. The van der Waals surface area contributed by atoms with Gasteiger partial charge >= 0.3 is 0 Å². The van der Waals surface area contributed by atoms with Crippen molar-refractivity contribution in [3.05, 3.63) is 47.9 Å². The Morgan fingerprint density at radius 3 is 2.83 bits per heavy atom. The van der Waals surface area contributed by atoms with E-state index in [4.69, 9.17) is 21.3 Å². The van der Waals surface area contributed by atoms with E-state index < -0.39 is 0 Å². The largest absolute Gasteiger partial charge is 0.389 e. The van der Waals surface area contributed by atoms with Gasteiger partial charge in [-0.05, 0) is 31.0 Å². The van der Waals surface area contributed by atoms with Crippen molar-refractivity contribution in [1.29, 1.82) is 0 Å². The predicted molar refractivity (Wildman–Crippen MR) is 136 cm³/mol. The summed E-state index contributed by atoms with van der Waals surface area (Å²) in [5.74, 6) is 0.490. The quantitative estimate of drug-likeness (QED) is 0.483. The SMILES string of the molecule is C=CCCn1ncc(Nc2ncc3cc(C)c(N4CC5(C4)CN(C4COCC4O)C5)cc3n2)c1Cl. The van der Waals surface area contributed by atoms with Crippen LogP contribution in [0.25, 0.3) is 10.9 Å². The van der Waals surface area contributed by atoms with Crippen molar-refractivity contribution in [3.63, 3.8) is 0 Å². The van der Waals surface area contributed by atoms with Crippen LogP contribution < -0.4 is 10.2 Å². The normalized spacial score (nSPS) is 23.5. The molecule has 2 N–H and O–H groups in total. The highest BCUT2D eigenvalue weighted by Crippen LogP contribution is 2.44. The lowest BCUT2D eigenvalue weighted by atomic mass is 9.71. The second-order valence-corrected chi connectivity index (χ2v) is 10.5. The van der Waals surface area contributed by atoms with Gasteiger partial charge in [-0.2, -0.15) is 5.10 Å². The van der Waals surface area contributed by atoms with Gasteiger partial charge in [0.25, 0.3) is 0 Å². The first-order chi connectivity index (χ1) is 16.9. The van der Waals surface area contributed by atoms with E-state index in [9.17, 15) is 5.11 Å². The molecule has 184 valence electrons. The second kappa shape index (κ2) is 8.74. The molecule has 0 radical (unpaired) electrons.